The van der Waals surface area contributed by atoms with E-state index in [2.05, 4.69) is 61.9 Å². The number of likely N-dealkylation sites (tertiary alicyclic amines) is 1. The highest BCUT2D eigenvalue weighted by Crippen LogP contribution is 2.20. The molecule has 2 rings (SSSR count). The van der Waals surface area contributed by atoms with Crippen molar-refractivity contribution in [1.29, 1.82) is 0 Å². The first-order valence-electron chi connectivity index (χ1n) is 10.2. The molecule has 0 atom stereocenters. The number of carbonyl (C=O) groups excluding carboxylic acids is 1. The summed E-state index contributed by atoms with van der Waals surface area (Å²) >= 11 is 0. The van der Waals surface area contributed by atoms with Crippen LogP contribution in [0.4, 0.5) is 0 Å². The van der Waals surface area contributed by atoms with E-state index in [0.717, 1.165) is 31.7 Å². The summed E-state index contributed by atoms with van der Waals surface area (Å²) in [4.78, 5) is 17.4. The van der Waals surface area contributed by atoms with Gasteiger partial charge in [0.25, 0.3) is 5.91 Å². The minimum atomic E-state index is 0.00884. The fraction of sp³-hybridized carbons (Fsp3) is 0.682. The van der Waals surface area contributed by atoms with Gasteiger partial charge in [-0.2, -0.15) is 0 Å². The number of rotatable bonds is 8. The number of benzene rings is 1. The van der Waals surface area contributed by atoms with Gasteiger partial charge in [-0.25, -0.2) is 0 Å². The molecule has 146 valence electrons. The maximum atomic E-state index is 12.5. The van der Waals surface area contributed by atoms with E-state index in [1.165, 1.54) is 24.8 Å². The summed E-state index contributed by atoms with van der Waals surface area (Å²) in [7, 11) is 0. The van der Waals surface area contributed by atoms with E-state index < -0.39 is 0 Å². The second-order valence-corrected chi connectivity index (χ2v) is 8.40. The van der Waals surface area contributed by atoms with Crippen LogP contribution in [0.1, 0.15) is 69.8 Å². The van der Waals surface area contributed by atoms with Crippen LogP contribution in [0.3, 0.4) is 0 Å². The molecule has 4 nitrogen and oxygen atoms in total. The Labute approximate surface area is 159 Å². The van der Waals surface area contributed by atoms with E-state index in [9.17, 15) is 4.79 Å². The molecule has 1 aromatic rings. The average molecular weight is 360 g/mol. The molecule has 0 radical (unpaired) electrons. The molecule has 4 heteroatoms. The van der Waals surface area contributed by atoms with Gasteiger partial charge in [-0.05, 0) is 77.9 Å². The molecule has 1 aliphatic rings. The van der Waals surface area contributed by atoms with Gasteiger partial charge in [0, 0.05) is 30.2 Å². The first-order valence-corrected chi connectivity index (χ1v) is 10.2. The zero-order valence-corrected chi connectivity index (χ0v) is 17.3. The van der Waals surface area contributed by atoms with Crippen molar-refractivity contribution in [1.82, 2.24) is 15.1 Å². The minimum absolute atomic E-state index is 0.00884. The SMILES string of the molecule is CCN(Cc1ccc(C(=O)NCC(C)(C)N2CCCCC2)cc1)C(C)C. The Morgan fingerprint density at radius 2 is 1.77 bits per heavy atom. The van der Waals surface area contributed by atoms with Crippen LogP contribution in [0.25, 0.3) is 0 Å². The number of carbonyl (C=O) groups is 1. The number of nitrogens with one attached hydrogen (secondary N) is 1. The Hall–Kier alpha value is -1.39. The summed E-state index contributed by atoms with van der Waals surface area (Å²) in [6.45, 7) is 16.0. The highest BCUT2D eigenvalue weighted by atomic mass is 16.1. The summed E-state index contributed by atoms with van der Waals surface area (Å²) < 4.78 is 0. The van der Waals surface area contributed by atoms with Gasteiger partial charge in [0.1, 0.15) is 0 Å². The predicted molar refractivity (Wildman–Crippen MR) is 109 cm³/mol. The van der Waals surface area contributed by atoms with Crippen LogP contribution in [0.5, 0.6) is 0 Å². The van der Waals surface area contributed by atoms with Crippen molar-refractivity contribution < 1.29 is 4.79 Å². The molecule has 0 unspecified atom stereocenters. The average Bonchev–Trinajstić information content (AvgIpc) is 2.65. The molecule has 1 N–H and O–H groups in total. The molecular weight excluding hydrogens is 322 g/mol. The van der Waals surface area contributed by atoms with E-state index in [1.807, 2.05) is 12.1 Å². The van der Waals surface area contributed by atoms with Crippen molar-refractivity contribution >= 4 is 5.91 Å². The third-order valence-corrected chi connectivity index (χ3v) is 5.63. The van der Waals surface area contributed by atoms with Crippen LogP contribution >= 0.6 is 0 Å². The zero-order valence-electron chi connectivity index (χ0n) is 17.3. The molecule has 1 saturated heterocycles. The van der Waals surface area contributed by atoms with Crippen molar-refractivity contribution in [3.8, 4) is 0 Å². The van der Waals surface area contributed by atoms with Gasteiger partial charge in [0.15, 0.2) is 0 Å². The predicted octanol–water partition coefficient (Wildman–Crippen LogP) is 3.91. The Balaban J connectivity index is 1.89. The molecule has 1 heterocycles. The van der Waals surface area contributed by atoms with Gasteiger partial charge in [0.2, 0.25) is 0 Å². The topological polar surface area (TPSA) is 35.6 Å². The number of nitrogens with zero attached hydrogens (tertiary/aromatic N) is 2. The highest BCUT2D eigenvalue weighted by molar-refractivity contribution is 5.94. The van der Waals surface area contributed by atoms with Crippen LogP contribution in [0, 0.1) is 0 Å². The molecule has 0 aliphatic carbocycles. The Morgan fingerprint density at radius 3 is 2.31 bits per heavy atom. The zero-order chi connectivity index (χ0) is 19.2. The van der Waals surface area contributed by atoms with E-state index >= 15 is 0 Å². The quantitative estimate of drug-likeness (QED) is 0.764. The van der Waals surface area contributed by atoms with Gasteiger partial charge in [-0.3, -0.25) is 14.6 Å². The van der Waals surface area contributed by atoms with Gasteiger partial charge in [0.05, 0.1) is 0 Å². The van der Waals surface area contributed by atoms with Crippen molar-refractivity contribution in [3.05, 3.63) is 35.4 Å². The van der Waals surface area contributed by atoms with E-state index in [-0.39, 0.29) is 11.4 Å². The largest absolute Gasteiger partial charge is 0.350 e. The summed E-state index contributed by atoms with van der Waals surface area (Å²) in [6.07, 6.45) is 3.87. The van der Waals surface area contributed by atoms with Gasteiger partial charge >= 0.3 is 0 Å². The molecule has 0 aromatic heterocycles. The Bertz CT molecular complexity index is 559. The maximum Gasteiger partial charge on any atom is 0.251 e. The minimum Gasteiger partial charge on any atom is -0.350 e. The lowest BCUT2D eigenvalue weighted by molar-refractivity contribution is 0.0797. The fourth-order valence-corrected chi connectivity index (χ4v) is 3.67. The number of hydrogen-bond donors (Lipinski definition) is 1. The molecule has 26 heavy (non-hydrogen) atoms. The lowest BCUT2D eigenvalue weighted by Gasteiger charge is -2.41. The summed E-state index contributed by atoms with van der Waals surface area (Å²) in [5.74, 6) is 0.0258. The van der Waals surface area contributed by atoms with Crippen molar-refractivity contribution in [3.63, 3.8) is 0 Å². The van der Waals surface area contributed by atoms with Crippen LogP contribution in [0.2, 0.25) is 0 Å². The molecule has 0 spiro atoms. The summed E-state index contributed by atoms with van der Waals surface area (Å²) in [5, 5.41) is 3.14. The Kier molecular flexibility index (Phi) is 7.66. The third kappa shape index (κ3) is 5.82. The van der Waals surface area contributed by atoms with Crippen molar-refractivity contribution in [2.45, 2.75) is 72.0 Å². The monoisotopic (exact) mass is 359 g/mol. The fourth-order valence-electron chi connectivity index (χ4n) is 3.67. The molecule has 1 aromatic carbocycles. The number of amides is 1. The summed E-state index contributed by atoms with van der Waals surface area (Å²) in [6, 6.07) is 8.59. The molecule has 0 saturated carbocycles. The van der Waals surface area contributed by atoms with Crippen LogP contribution in [-0.4, -0.2) is 53.5 Å². The number of piperidine rings is 1. The normalized spacial score (nSPS) is 16.3. The van der Waals surface area contributed by atoms with Gasteiger partial charge < -0.3 is 5.32 Å². The molecule has 0 bridgehead atoms. The first-order chi connectivity index (χ1) is 12.3. The van der Waals surface area contributed by atoms with E-state index in [1.54, 1.807) is 0 Å². The van der Waals surface area contributed by atoms with Crippen molar-refractivity contribution in [2.24, 2.45) is 0 Å². The standard InChI is InChI=1S/C22H37N3O/c1-6-24(18(2)3)16-19-10-12-20(13-11-19)21(26)23-17-22(4,5)25-14-8-7-9-15-25/h10-13,18H,6-9,14-17H2,1-5H3,(H,23,26). The second-order valence-electron chi connectivity index (χ2n) is 8.40. The van der Waals surface area contributed by atoms with E-state index in [4.69, 9.17) is 0 Å². The van der Waals surface area contributed by atoms with Crippen LogP contribution < -0.4 is 5.32 Å². The second kappa shape index (κ2) is 9.52. The molecular formula is C22H37N3O. The first kappa shape index (κ1) is 20.9. The van der Waals surface area contributed by atoms with E-state index in [0.29, 0.717) is 12.6 Å². The van der Waals surface area contributed by atoms with Gasteiger partial charge in [-0.1, -0.05) is 25.5 Å². The molecule has 1 aliphatic heterocycles. The van der Waals surface area contributed by atoms with Crippen LogP contribution in [-0.2, 0) is 6.54 Å². The van der Waals surface area contributed by atoms with Gasteiger partial charge in [-0.15, -0.1) is 0 Å². The van der Waals surface area contributed by atoms with Crippen molar-refractivity contribution in [2.75, 3.05) is 26.2 Å². The third-order valence-electron chi connectivity index (χ3n) is 5.63. The lowest BCUT2D eigenvalue weighted by Crippen LogP contribution is -2.53. The Morgan fingerprint density at radius 1 is 1.15 bits per heavy atom. The smallest absolute Gasteiger partial charge is 0.251 e. The molecule has 1 fully saturated rings. The lowest BCUT2D eigenvalue weighted by atomic mass is 9.98. The van der Waals surface area contributed by atoms with Crippen LogP contribution in [0.15, 0.2) is 24.3 Å². The maximum absolute atomic E-state index is 12.5. The molecule has 1 amide bonds. The number of hydrogen-bond acceptors (Lipinski definition) is 3. The summed E-state index contributed by atoms with van der Waals surface area (Å²) in [5.41, 5.74) is 2.01. The highest BCUT2D eigenvalue weighted by Gasteiger charge is 2.28.